The Morgan fingerprint density at radius 3 is 2.35 bits per heavy atom. The summed E-state index contributed by atoms with van der Waals surface area (Å²) in [4.78, 5) is 2.46. The smallest absolute Gasteiger partial charge is 0.0233 e. The third kappa shape index (κ3) is 5.33. The third-order valence-electron chi connectivity index (χ3n) is 3.33. The van der Waals surface area contributed by atoms with E-state index in [-0.39, 0.29) is 0 Å². The number of benzene rings is 1. The monoisotopic (exact) mass is 234 g/mol. The summed E-state index contributed by atoms with van der Waals surface area (Å²) in [6.45, 7) is 9.80. The molecule has 1 aromatic rings. The van der Waals surface area contributed by atoms with Crippen LogP contribution in [-0.4, -0.2) is 24.0 Å². The molecular weight excluding hydrogens is 208 g/mol. The molecule has 0 saturated heterocycles. The van der Waals surface area contributed by atoms with E-state index in [1.165, 1.54) is 5.56 Å². The van der Waals surface area contributed by atoms with Crippen LogP contribution in [0.3, 0.4) is 0 Å². The van der Waals surface area contributed by atoms with Gasteiger partial charge in [-0.15, -0.1) is 0 Å². The Morgan fingerprint density at radius 2 is 1.82 bits per heavy atom. The zero-order chi connectivity index (χ0) is 12.7. The van der Waals surface area contributed by atoms with Crippen LogP contribution < -0.4 is 5.73 Å². The van der Waals surface area contributed by atoms with Crippen molar-refractivity contribution in [2.45, 2.75) is 39.8 Å². The van der Waals surface area contributed by atoms with Gasteiger partial charge in [0.1, 0.15) is 0 Å². The lowest BCUT2D eigenvalue weighted by Crippen LogP contribution is -2.33. The van der Waals surface area contributed by atoms with E-state index in [1.54, 1.807) is 0 Å². The Hall–Kier alpha value is -0.860. The van der Waals surface area contributed by atoms with Gasteiger partial charge in [0.15, 0.2) is 0 Å². The van der Waals surface area contributed by atoms with Crippen LogP contribution in [-0.2, 0) is 6.54 Å². The van der Waals surface area contributed by atoms with Crippen LogP contribution in [0.15, 0.2) is 30.3 Å². The molecule has 0 aliphatic carbocycles. The third-order valence-corrected chi connectivity index (χ3v) is 3.33. The number of hydrogen-bond donors (Lipinski definition) is 1. The molecule has 0 spiro atoms. The van der Waals surface area contributed by atoms with Crippen LogP contribution in [0.25, 0.3) is 0 Å². The molecule has 17 heavy (non-hydrogen) atoms. The second kappa shape index (κ2) is 7.46. The number of hydrogen-bond acceptors (Lipinski definition) is 2. The zero-order valence-electron chi connectivity index (χ0n) is 11.4. The minimum absolute atomic E-state index is 0.319. The Bertz CT molecular complexity index is 295. The van der Waals surface area contributed by atoms with Crippen LogP contribution >= 0.6 is 0 Å². The lowest BCUT2D eigenvalue weighted by molar-refractivity contribution is 0.258. The van der Waals surface area contributed by atoms with Crippen molar-refractivity contribution in [2.75, 3.05) is 13.1 Å². The fraction of sp³-hybridized carbons (Fsp3) is 0.600. The molecule has 0 radical (unpaired) electrons. The molecule has 1 atom stereocenters. The van der Waals surface area contributed by atoms with E-state index in [0.717, 1.165) is 26.1 Å². The first-order valence-electron chi connectivity index (χ1n) is 6.65. The molecule has 0 bridgehead atoms. The number of nitrogens with two attached hydrogens (primary N) is 1. The summed E-state index contributed by atoms with van der Waals surface area (Å²) >= 11 is 0. The largest absolute Gasteiger partial charge is 0.327 e. The Morgan fingerprint density at radius 1 is 1.18 bits per heavy atom. The standard InChI is InChI=1S/C15H26N2/c1-4-17(11-10-15(16)13(2)3)12-14-8-6-5-7-9-14/h5-9,13,15H,4,10-12,16H2,1-3H3. The normalized spacial score (nSPS) is 13.3. The molecule has 1 rings (SSSR count). The van der Waals surface area contributed by atoms with Crippen LogP contribution in [0.4, 0.5) is 0 Å². The lowest BCUT2D eigenvalue weighted by Gasteiger charge is -2.23. The maximum Gasteiger partial charge on any atom is 0.0233 e. The molecule has 1 unspecified atom stereocenters. The first-order valence-corrected chi connectivity index (χ1v) is 6.65. The Kier molecular flexibility index (Phi) is 6.23. The van der Waals surface area contributed by atoms with E-state index in [1.807, 2.05) is 0 Å². The number of nitrogens with zero attached hydrogens (tertiary/aromatic N) is 1. The molecule has 2 N–H and O–H groups in total. The van der Waals surface area contributed by atoms with E-state index in [9.17, 15) is 0 Å². The molecule has 0 amide bonds. The summed E-state index contributed by atoms with van der Waals surface area (Å²) in [5.41, 5.74) is 7.47. The first-order chi connectivity index (χ1) is 8.13. The first kappa shape index (κ1) is 14.2. The van der Waals surface area contributed by atoms with Crippen LogP contribution in [0, 0.1) is 5.92 Å². The van der Waals surface area contributed by atoms with Gasteiger partial charge in [-0.2, -0.15) is 0 Å². The van der Waals surface area contributed by atoms with Crippen molar-refractivity contribution in [3.63, 3.8) is 0 Å². The maximum absolute atomic E-state index is 6.09. The van der Waals surface area contributed by atoms with Crippen molar-refractivity contribution in [1.82, 2.24) is 4.90 Å². The van der Waals surface area contributed by atoms with Gasteiger partial charge >= 0.3 is 0 Å². The quantitative estimate of drug-likeness (QED) is 0.786. The van der Waals surface area contributed by atoms with E-state index >= 15 is 0 Å². The predicted octanol–water partition coefficient (Wildman–Crippen LogP) is 2.88. The van der Waals surface area contributed by atoms with Crippen LogP contribution in [0.2, 0.25) is 0 Å². The number of rotatable bonds is 7. The van der Waals surface area contributed by atoms with E-state index in [2.05, 4.69) is 56.0 Å². The molecule has 0 heterocycles. The van der Waals surface area contributed by atoms with Gasteiger partial charge < -0.3 is 5.73 Å². The van der Waals surface area contributed by atoms with Gasteiger partial charge in [0.25, 0.3) is 0 Å². The molecule has 0 fully saturated rings. The van der Waals surface area contributed by atoms with Gasteiger partial charge in [-0.25, -0.2) is 0 Å². The maximum atomic E-state index is 6.09. The van der Waals surface area contributed by atoms with Gasteiger partial charge in [0.2, 0.25) is 0 Å². The summed E-state index contributed by atoms with van der Waals surface area (Å²) in [6, 6.07) is 11.0. The molecule has 96 valence electrons. The molecule has 2 heteroatoms. The van der Waals surface area contributed by atoms with Gasteiger partial charge in [0, 0.05) is 12.6 Å². The van der Waals surface area contributed by atoms with Gasteiger partial charge in [-0.3, -0.25) is 4.90 Å². The summed E-state index contributed by atoms with van der Waals surface area (Å²) < 4.78 is 0. The lowest BCUT2D eigenvalue weighted by atomic mass is 10.0. The molecule has 0 saturated carbocycles. The molecule has 1 aromatic carbocycles. The van der Waals surface area contributed by atoms with Crippen molar-refractivity contribution in [3.05, 3.63) is 35.9 Å². The summed E-state index contributed by atoms with van der Waals surface area (Å²) in [5, 5.41) is 0. The minimum atomic E-state index is 0.319. The molecule has 0 aromatic heterocycles. The summed E-state index contributed by atoms with van der Waals surface area (Å²) in [7, 11) is 0. The zero-order valence-corrected chi connectivity index (χ0v) is 11.4. The second-order valence-electron chi connectivity index (χ2n) is 5.05. The van der Waals surface area contributed by atoms with Crippen molar-refractivity contribution in [3.8, 4) is 0 Å². The summed E-state index contributed by atoms with van der Waals surface area (Å²) in [6.07, 6.45) is 1.08. The topological polar surface area (TPSA) is 29.3 Å². The molecular formula is C15H26N2. The van der Waals surface area contributed by atoms with Gasteiger partial charge in [0.05, 0.1) is 0 Å². The Labute approximate surface area is 106 Å². The average Bonchev–Trinajstić information content (AvgIpc) is 2.35. The van der Waals surface area contributed by atoms with Crippen LogP contribution in [0.1, 0.15) is 32.8 Å². The van der Waals surface area contributed by atoms with Gasteiger partial charge in [-0.05, 0) is 31.0 Å². The highest BCUT2D eigenvalue weighted by molar-refractivity contribution is 5.14. The molecule has 0 aliphatic heterocycles. The second-order valence-corrected chi connectivity index (χ2v) is 5.05. The summed E-state index contributed by atoms with van der Waals surface area (Å²) in [5.74, 6) is 0.574. The minimum Gasteiger partial charge on any atom is -0.327 e. The Balaban J connectivity index is 2.39. The van der Waals surface area contributed by atoms with E-state index in [4.69, 9.17) is 5.73 Å². The highest BCUT2D eigenvalue weighted by Crippen LogP contribution is 2.08. The fourth-order valence-corrected chi connectivity index (χ4v) is 1.86. The highest BCUT2D eigenvalue weighted by Gasteiger charge is 2.10. The van der Waals surface area contributed by atoms with Crippen molar-refractivity contribution in [1.29, 1.82) is 0 Å². The van der Waals surface area contributed by atoms with E-state index < -0.39 is 0 Å². The fourth-order valence-electron chi connectivity index (χ4n) is 1.86. The van der Waals surface area contributed by atoms with Crippen molar-refractivity contribution < 1.29 is 0 Å². The van der Waals surface area contributed by atoms with E-state index in [0.29, 0.717) is 12.0 Å². The average molecular weight is 234 g/mol. The highest BCUT2D eigenvalue weighted by atomic mass is 15.1. The molecule has 0 aliphatic rings. The van der Waals surface area contributed by atoms with Gasteiger partial charge in [-0.1, -0.05) is 51.1 Å². The van der Waals surface area contributed by atoms with Crippen LogP contribution in [0.5, 0.6) is 0 Å². The predicted molar refractivity (Wildman–Crippen MR) is 74.8 cm³/mol. The molecule has 2 nitrogen and oxygen atoms in total. The van der Waals surface area contributed by atoms with Crippen molar-refractivity contribution in [2.24, 2.45) is 11.7 Å². The van der Waals surface area contributed by atoms with Crippen molar-refractivity contribution >= 4 is 0 Å². The SMILES string of the molecule is CCN(CCC(N)C(C)C)Cc1ccccc1.